The van der Waals surface area contributed by atoms with Gasteiger partial charge in [0, 0.05) is 21.9 Å². The molecular weight excluding hydrogens is 356 g/mol. The highest BCUT2D eigenvalue weighted by Gasteiger charge is 2.11. The van der Waals surface area contributed by atoms with Gasteiger partial charge in [-0.2, -0.15) is 5.10 Å². The largest absolute Gasteiger partial charge is 0.271 e. The summed E-state index contributed by atoms with van der Waals surface area (Å²) in [4.78, 5) is 12.3. The number of nitrogens with one attached hydrogen (secondary N) is 1. The molecule has 1 N–H and O–H groups in total. The number of aryl methyl sites for hydroxylation is 1. The third-order valence-corrected chi connectivity index (χ3v) is 4.99. The Hall–Kier alpha value is -3.17. The number of hydrogen-bond donors (Lipinski definition) is 1. The molecule has 1 amide bonds. The van der Waals surface area contributed by atoms with Gasteiger partial charge in [-0.05, 0) is 29.8 Å². The van der Waals surface area contributed by atoms with E-state index in [9.17, 15) is 4.79 Å². The number of benzene rings is 4. The number of hydrogen-bond acceptors (Lipinski definition) is 2. The Bertz CT molecular complexity index is 1120. The van der Waals surface area contributed by atoms with Crippen LogP contribution in [0.4, 0.5) is 0 Å². The summed E-state index contributed by atoms with van der Waals surface area (Å²) in [6.45, 7) is 1.98. The van der Waals surface area contributed by atoms with E-state index in [1.54, 1.807) is 18.3 Å². The van der Waals surface area contributed by atoms with Gasteiger partial charge in [-0.3, -0.25) is 4.79 Å². The summed E-state index contributed by atoms with van der Waals surface area (Å²) < 4.78 is 0. The smallest absolute Gasteiger partial charge is 0.267 e. The summed E-state index contributed by atoms with van der Waals surface area (Å²) in [5, 5.41) is 8.84. The lowest BCUT2D eigenvalue weighted by molar-refractivity contribution is 0.0955. The van der Waals surface area contributed by atoms with Crippen LogP contribution in [0, 0.1) is 6.92 Å². The molecule has 4 rings (SSSR count). The number of hydrazone groups is 1. The molecule has 0 radical (unpaired) electrons. The molecule has 0 bridgehead atoms. The number of carbonyl (C=O) groups excluding carboxylic acids is 1. The first-order valence-electron chi connectivity index (χ1n) is 8.64. The zero-order valence-electron chi connectivity index (χ0n) is 14.7. The van der Waals surface area contributed by atoms with Crippen LogP contribution in [0.2, 0.25) is 5.02 Å². The quantitative estimate of drug-likeness (QED) is 0.279. The molecule has 0 atom stereocenters. The average Bonchev–Trinajstić information content (AvgIpc) is 2.71. The van der Waals surface area contributed by atoms with E-state index >= 15 is 0 Å². The van der Waals surface area contributed by atoms with Gasteiger partial charge in [0.05, 0.1) is 11.2 Å². The number of amides is 1. The van der Waals surface area contributed by atoms with Crippen molar-refractivity contribution in [1.82, 2.24) is 5.43 Å². The van der Waals surface area contributed by atoms with E-state index in [1.807, 2.05) is 67.6 Å². The summed E-state index contributed by atoms with van der Waals surface area (Å²) in [5.41, 5.74) is 5.21. The van der Waals surface area contributed by atoms with Crippen LogP contribution in [-0.2, 0) is 0 Å². The predicted molar refractivity (Wildman–Crippen MR) is 113 cm³/mol. The van der Waals surface area contributed by atoms with Crippen molar-refractivity contribution in [2.75, 3.05) is 0 Å². The van der Waals surface area contributed by atoms with Crippen LogP contribution in [0.1, 0.15) is 21.5 Å². The normalized spacial score (nSPS) is 11.3. The van der Waals surface area contributed by atoms with E-state index in [2.05, 4.69) is 10.5 Å². The minimum atomic E-state index is -0.242. The molecule has 132 valence electrons. The highest BCUT2D eigenvalue weighted by molar-refractivity contribution is 6.42. The molecule has 3 nitrogen and oxygen atoms in total. The summed E-state index contributed by atoms with van der Waals surface area (Å²) >= 11 is 6.61. The zero-order valence-corrected chi connectivity index (χ0v) is 15.5. The fraction of sp³-hybridized carbons (Fsp3) is 0.0435. The van der Waals surface area contributed by atoms with Crippen LogP contribution in [0.3, 0.4) is 0 Å². The Labute approximate surface area is 162 Å². The molecule has 0 spiro atoms. The highest BCUT2D eigenvalue weighted by atomic mass is 35.5. The van der Waals surface area contributed by atoms with Gasteiger partial charge < -0.3 is 0 Å². The summed E-state index contributed by atoms with van der Waals surface area (Å²) in [5.74, 6) is -0.242. The van der Waals surface area contributed by atoms with Gasteiger partial charge in [0.25, 0.3) is 5.91 Å². The first-order valence-corrected chi connectivity index (χ1v) is 9.02. The molecule has 0 aliphatic carbocycles. The van der Waals surface area contributed by atoms with Gasteiger partial charge in [-0.25, -0.2) is 5.43 Å². The Kier molecular flexibility index (Phi) is 4.61. The van der Waals surface area contributed by atoms with Crippen molar-refractivity contribution in [3.05, 3.63) is 94.5 Å². The van der Waals surface area contributed by atoms with E-state index in [1.165, 1.54) is 0 Å². The number of carbonyl (C=O) groups is 1. The lowest BCUT2D eigenvalue weighted by Gasteiger charge is -2.10. The Morgan fingerprint density at radius 2 is 1.37 bits per heavy atom. The van der Waals surface area contributed by atoms with E-state index in [-0.39, 0.29) is 5.91 Å². The summed E-state index contributed by atoms with van der Waals surface area (Å²) in [7, 11) is 0. The van der Waals surface area contributed by atoms with Crippen molar-refractivity contribution in [1.29, 1.82) is 0 Å². The molecule has 0 heterocycles. The fourth-order valence-electron chi connectivity index (χ4n) is 3.17. The van der Waals surface area contributed by atoms with Gasteiger partial charge in [0.15, 0.2) is 0 Å². The maximum absolute atomic E-state index is 12.3. The molecule has 27 heavy (non-hydrogen) atoms. The van der Waals surface area contributed by atoms with Crippen LogP contribution in [-0.4, -0.2) is 12.1 Å². The van der Waals surface area contributed by atoms with Crippen molar-refractivity contribution in [2.24, 2.45) is 5.10 Å². The first kappa shape index (κ1) is 17.3. The Morgan fingerprint density at radius 3 is 1.93 bits per heavy atom. The standard InChI is InChI=1S/C23H17ClN2O/c1-15-10-12-16(13-11-15)23(27)26-25-14-21-17-6-2-4-8-19(17)22(24)20-9-5-3-7-18(20)21/h2-14H,1H3,(H,26,27)/b25-14-. The van der Waals surface area contributed by atoms with E-state index in [0.717, 1.165) is 37.7 Å². The van der Waals surface area contributed by atoms with Gasteiger partial charge >= 0.3 is 0 Å². The molecule has 0 aliphatic heterocycles. The maximum Gasteiger partial charge on any atom is 0.271 e. The first-order chi connectivity index (χ1) is 13.1. The summed E-state index contributed by atoms with van der Waals surface area (Å²) in [6, 6.07) is 23.2. The third kappa shape index (κ3) is 3.29. The van der Waals surface area contributed by atoms with Gasteiger partial charge in [0.2, 0.25) is 0 Å². The molecule has 0 unspecified atom stereocenters. The lowest BCUT2D eigenvalue weighted by atomic mass is 9.97. The second kappa shape index (κ2) is 7.22. The molecule has 4 aromatic rings. The van der Waals surface area contributed by atoms with Gasteiger partial charge in [-0.1, -0.05) is 77.8 Å². The van der Waals surface area contributed by atoms with Crippen molar-refractivity contribution in [2.45, 2.75) is 6.92 Å². The van der Waals surface area contributed by atoms with Gasteiger partial charge in [-0.15, -0.1) is 0 Å². The number of nitrogens with zero attached hydrogens (tertiary/aromatic N) is 1. The molecule has 0 aromatic heterocycles. The molecule has 0 fully saturated rings. The number of halogens is 1. The van der Waals surface area contributed by atoms with Crippen molar-refractivity contribution in [3.8, 4) is 0 Å². The topological polar surface area (TPSA) is 41.5 Å². The van der Waals surface area contributed by atoms with Crippen molar-refractivity contribution < 1.29 is 4.79 Å². The molecular formula is C23H17ClN2O. The predicted octanol–water partition coefficient (Wildman–Crippen LogP) is 5.72. The second-order valence-corrected chi connectivity index (χ2v) is 6.76. The lowest BCUT2D eigenvalue weighted by Crippen LogP contribution is -2.17. The third-order valence-electron chi connectivity index (χ3n) is 4.58. The molecule has 4 aromatic carbocycles. The SMILES string of the molecule is Cc1ccc(C(=O)N/N=C\c2c3ccccc3c(Cl)c3ccccc23)cc1. The van der Waals surface area contributed by atoms with Crippen LogP contribution < -0.4 is 5.43 Å². The Balaban J connectivity index is 1.74. The van der Waals surface area contributed by atoms with Crippen LogP contribution in [0.15, 0.2) is 77.9 Å². The maximum atomic E-state index is 12.3. The van der Waals surface area contributed by atoms with Crippen LogP contribution >= 0.6 is 11.6 Å². The summed E-state index contributed by atoms with van der Waals surface area (Å²) in [6.07, 6.45) is 1.69. The molecule has 0 saturated heterocycles. The van der Waals surface area contributed by atoms with E-state index in [0.29, 0.717) is 5.56 Å². The minimum absolute atomic E-state index is 0.242. The monoisotopic (exact) mass is 372 g/mol. The van der Waals surface area contributed by atoms with Crippen molar-refractivity contribution >= 4 is 45.3 Å². The fourth-order valence-corrected chi connectivity index (χ4v) is 3.50. The number of rotatable bonds is 3. The zero-order chi connectivity index (χ0) is 18.8. The van der Waals surface area contributed by atoms with Crippen LogP contribution in [0.25, 0.3) is 21.5 Å². The minimum Gasteiger partial charge on any atom is -0.267 e. The highest BCUT2D eigenvalue weighted by Crippen LogP contribution is 2.35. The van der Waals surface area contributed by atoms with E-state index in [4.69, 9.17) is 11.6 Å². The van der Waals surface area contributed by atoms with Gasteiger partial charge in [0.1, 0.15) is 0 Å². The molecule has 0 saturated carbocycles. The Morgan fingerprint density at radius 1 is 0.852 bits per heavy atom. The number of fused-ring (bicyclic) bond motifs is 2. The molecule has 0 aliphatic rings. The second-order valence-electron chi connectivity index (χ2n) is 6.38. The van der Waals surface area contributed by atoms with Crippen LogP contribution in [0.5, 0.6) is 0 Å². The van der Waals surface area contributed by atoms with E-state index < -0.39 is 0 Å². The molecule has 4 heteroatoms. The average molecular weight is 373 g/mol. The van der Waals surface area contributed by atoms with Crippen molar-refractivity contribution in [3.63, 3.8) is 0 Å².